The van der Waals surface area contributed by atoms with Crippen molar-refractivity contribution in [2.45, 2.75) is 0 Å². The van der Waals surface area contributed by atoms with E-state index in [1.54, 1.807) is 24.3 Å². The summed E-state index contributed by atoms with van der Waals surface area (Å²) < 4.78 is 7.45. The first-order chi connectivity index (χ1) is 12.4. The number of ether oxygens (including phenoxy) is 1. The van der Waals surface area contributed by atoms with E-state index in [9.17, 15) is 9.59 Å². The van der Waals surface area contributed by atoms with E-state index in [0.717, 1.165) is 15.9 Å². The third kappa shape index (κ3) is 3.39. The van der Waals surface area contributed by atoms with Crippen LogP contribution >= 0.6 is 11.3 Å². The summed E-state index contributed by atoms with van der Waals surface area (Å²) in [6.07, 6.45) is 0. The second-order valence-electron chi connectivity index (χ2n) is 5.98. The molecule has 0 saturated carbocycles. The van der Waals surface area contributed by atoms with Crippen molar-refractivity contribution in [1.82, 2.24) is 4.57 Å². The van der Waals surface area contributed by atoms with Gasteiger partial charge in [0, 0.05) is 32.4 Å². The van der Waals surface area contributed by atoms with Crippen LogP contribution in [0.5, 0.6) is 0 Å². The topological polar surface area (TPSA) is 63.9 Å². The number of aromatic nitrogens is 1. The summed E-state index contributed by atoms with van der Waals surface area (Å²) in [5.41, 5.74) is 2.92. The molecule has 0 radical (unpaired) electrons. The van der Waals surface area contributed by atoms with Gasteiger partial charge in [-0.15, -0.1) is 0 Å². The maximum atomic E-state index is 12.5. The van der Waals surface area contributed by atoms with Crippen molar-refractivity contribution in [3.63, 3.8) is 0 Å². The molecule has 3 rings (SSSR count). The van der Waals surface area contributed by atoms with Gasteiger partial charge in [0.1, 0.15) is 0 Å². The molecule has 1 aromatic heterocycles. The molecule has 7 heteroatoms. The number of hydrogen-bond acceptors (Lipinski definition) is 5. The lowest BCUT2D eigenvalue weighted by Crippen LogP contribution is -2.13. The molecular weight excluding hydrogens is 350 g/mol. The Morgan fingerprint density at radius 1 is 1.08 bits per heavy atom. The monoisotopic (exact) mass is 369 g/mol. The fraction of sp³-hybridized carbons (Fsp3) is 0.211. The highest BCUT2D eigenvalue weighted by molar-refractivity contribution is 7.16. The Morgan fingerprint density at radius 3 is 2.35 bits per heavy atom. The maximum Gasteiger partial charge on any atom is 0.337 e. The lowest BCUT2D eigenvalue weighted by atomic mass is 10.2. The van der Waals surface area contributed by atoms with Crippen LogP contribution < -0.4 is 9.70 Å². The van der Waals surface area contributed by atoms with E-state index in [1.165, 1.54) is 18.4 Å². The molecule has 0 fully saturated rings. The van der Waals surface area contributed by atoms with Crippen molar-refractivity contribution >= 4 is 39.1 Å². The highest BCUT2D eigenvalue weighted by Crippen LogP contribution is 2.19. The summed E-state index contributed by atoms with van der Waals surface area (Å²) in [6.45, 7) is 0. The lowest BCUT2D eigenvalue weighted by Gasteiger charge is -2.11. The Kier molecular flexibility index (Phi) is 4.90. The molecule has 0 atom stereocenters. The molecule has 1 heterocycles. The fourth-order valence-electron chi connectivity index (χ4n) is 2.54. The van der Waals surface area contributed by atoms with Crippen molar-refractivity contribution in [3.8, 4) is 0 Å². The summed E-state index contributed by atoms with van der Waals surface area (Å²) in [7, 11) is 7.09. The molecular formula is C19H19N3O3S. The van der Waals surface area contributed by atoms with E-state index >= 15 is 0 Å². The van der Waals surface area contributed by atoms with E-state index in [2.05, 4.69) is 4.99 Å². The molecule has 0 aliphatic carbocycles. The minimum atomic E-state index is -0.390. The zero-order valence-corrected chi connectivity index (χ0v) is 15.8. The molecule has 0 saturated heterocycles. The average Bonchev–Trinajstić information content (AvgIpc) is 2.96. The van der Waals surface area contributed by atoms with Crippen molar-refractivity contribution in [2.75, 3.05) is 26.1 Å². The zero-order chi connectivity index (χ0) is 18.8. The Labute approximate surface area is 155 Å². The highest BCUT2D eigenvalue weighted by Gasteiger charge is 2.11. The number of amides is 1. The third-order valence-electron chi connectivity index (χ3n) is 4.06. The molecule has 0 N–H and O–H groups in total. The number of rotatable bonds is 3. The Hall–Kier alpha value is -2.93. The molecule has 2 aromatic carbocycles. The quantitative estimate of drug-likeness (QED) is 0.666. The standard InChI is InChI=1S/C19H19N3O3S/c1-21(2)14-8-5-12(6-9-14)17(23)20-19-22(3)15-10-7-13(18(24)25-4)11-16(15)26-19/h5-11H,1-4H3. The molecule has 0 aliphatic heterocycles. The molecule has 26 heavy (non-hydrogen) atoms. The number of benzene rings is 2. The second kappa shape index (κ2) is 7.13. The molecule has 0 bridgehead atoms. The van der Waals surface area contributed by atoms with Gasteiger partial charge in [-0.1, -0.05) is 11.3 Å². The molecule has 0 aliphatic rings. The number of aryl methyl sites for hydroxylation is 1. The van der Waals surface area contributed by atoms with Gasteiger partial charge >= 0.3 is 5.97 Å². The van der Waals surface area contributed by atoms with E-state index in [0.29, 0.717) is 15.9 Å². The molecule has 3 aromatic rings. The van der Waals surface area contributed by atoms with Crippen molar-refractivity contribution in [3.05, 3.63) is 58.4 Å². The fourth-order valence-corrected chi connectivity index (χ4v) is 3.60. The number of nitrogens with zero attached hydrogens (tertiary/aromatic N) is 3. The van der Waals surface area contributed by atoms with E-state index < -0.39 is 5.97 Å². The van der Waals surface area contributed by atoms with Gasteiger partial charge in [0.15, 0.2) is 4.80 Å². The van der Waals surface area contributed by atoms with E-state index in [-0.39, 0.29) is 5.91 Å². The number of esters is 1. The summed E-state index contributed by atoms with van der Waals surface area (Å²) in [5, 5.41) is 0. The number of thiazole rings is 1. The van der Waals surface area contributed by atoms with Gasteiger partial charge in [-0.2, -0.15) is 4.99 Å². The van der Waals surface area contributed by atoms with Crippen LogP contribution in [0.25, 0.3) is 10.2 Å². The normalized spacial score (nSPS) is 11.6. The molecule has 6 nitrogen and oxygen atoms in total. The minimum Gasteiger partial charge on any atom is -0.465 e. The second-order valence-corrected chi connectivity index (χ2v) is 6.99. The van der Waals surface area contributed by atoms with Crippen LogP contribution in [0.1, 0.15) is 20.7 Å². The summed E-state index contributed by atoms with van der Waals surface area (Å²) in [4.78, 5) is 31.0. The number of carbonyl (C=O) groups is 2. The van der Waals surface area contributed by atoms with Crippen LogP contribution in [-0.4, -0.2) is 37.6 Å². The smallest absolute Gasteiger partial charge is 0.337 e. The molecule has 134 valence electrons. The van der Waals surface area contributed by atoms with Gasteiger partial charge in [0.25, 0.3) is 5.91 Å². The van der Waals surface area contributed by atoms with Crippen LogP contribution in [-0.2, 0) is 11.8 Å². The molecule has 0 spiro atoms. The van der Waals surface area contributed by atoms with Gasteiger partial charge in [0.05, 0.1) is 22.9 Å². The largest absolute Gasteiger partial charge is 0.465 e. The highest BCUT2D eigenvalue weighted by atomic mass is 32.1. The molecule has 1 amide bonds. The first-order valence-corrected chi connectivity index (χ1v) is 8.76. The summed E-state index contributed by atoms with van der Waals surface area (Å²) in [5.74, 6) is -0.691. The van der Waals surface area contributed by atoms with Gasteiger partial charge in [-0.05, 0) is 42.5 Å². The molecule has 0 unspecified atom stereocenters. The van der Waals surface area contributed by atoms with Crippen LogP contribution in [0.3, 0.4) is 0 Å². The van der Waals surface area contributed by atoms with Crippen LogP contribution in [0.4, 0.5) is 5.69 Å². The minimum absolute atomic E-state index is 0.300. The number of fused-ring (bicyclic) bond motifs is 1. The lowest BCUT2D eigenvalue weighted by molar-refractivity contribution is 0.0601. The van der Waals surface area contributed by atoms with Gasteiger partial charge in [-0.25, -0.2) is 4.79 Å². The maximum absolute atomic E-state index is 12.5. The van der Waals surface area contributed by atoms with Crippen molar-refractivity contribution < 1.29 is 14.3 Å². The predicted octanol–water partition coefficient (Wildman–Crippen LogP) is 2.83. The third-order valence-corrected chi connectivity index (χ3v) is 5.15. The van der Waals surface area contributed by atoms with Crippen LogP contribution in [0.2, 0.25) is 0 Å². The number of carbonyl (C=O) groups excluding carboxylic acids is 2. The van der Waals surface area contributed by atoms with Gasteiger partial charge in [0.2, 0.25) is 0 Å². The van der Waals surface area contributed by atoms with E-state index in [1.807, 2.05) is 48.8 Å². The predicted molar refractivity (Wildman–Crippen MR) is 103 cm³/mol. The first kappa shape index (κ1) is 17.9. The van der Waals surface area contributed by atoms with Gasteiger partial charge < -0.3 is 14.2 Å². The van der Waals surface area contributed by atoms with E-state index in [4.69, 9.17) is 4.74 Å². The Morgan fingerprint density at radius 2 is 1.73 bits per heavy atom. The number of methoxy groups -OCH3 is 1. The van der Waals surface area contributed by atoms with Crippen molar-refractivity contribution in [2.24, 2.45) is 12.0 Å². The van der Waals surface area contributed by atoms with Crippen LogP contribution in [0, 0.1) is 0 Å². The zero-order valence-electron chi connectivity index (χ0n) is 15.0. The first-order valence-electron chi connectivity index (χ1n) is 7.95. The summed E-state index contributed by atoms with van der Waals surface area (Å²) >= 11 is 1.36. The Bertz CT molecular complexity index is 1050. The van der Waals surface area contributed by atoms with Crippen LogP contribution in [0.15, 0.2) is 47.5 Å². The number of hydrogen-bond donors (Lipinski definition) is 0. The number of anilines is 1. The van der Waals surface area contributed by atoms with Gasteiger partial charge in [-0.3, -0.25) is 4.79 Å². The average molecular weight is 369 g/mol. The van der Waals surface area contributed by atoms with Crippen molar-refractivity contribution in [1.29, 1.82) is 0 Å². The summed E-state index contributed by atoms with van der Waals surface area (Å²) in [6, 6.07) is 12.6. The SMILES string of the molecule is COC(=O)c1ccc2c(c1)sc(=NC(=O)c1ccc(N(C)C)cc1)n2C. The Balaban J connectivity index is 1.99.